The molecule has 32 heavy (non-hydrogen) atoms. The smallest absolute Gasteiger partial charge is 0.256 e. The van der Waals surface area contributed by atoms with Gasteiger partial charge in [-0.15, -0.1) is 0 Å². The standard InChI is InChI=1S/C22H18Cl2N6O2/c1-12-10-19(30-25-7-8-26-30)15(11-17(12)24)22(31)29-9-6-18(29)21-27-20(28-32-21)14-4-3-5-16(23)13(14)2/h3-5,7-8,10-11,18H,6,9H2,1-2H3. The normalized spacial score (nSPS) is 15.6. The molecule has 2 aromatic heterocycles. The Morgan fingerprint density at radius 2 is 1.91 bits per heavy atom. The van der Waals surface area contributed by atoms with Gasteiger partial charge in [-0.2, -0.15) is 20.0 Å². The molecular formula is C22H18Cl2N6O2. The van der Waals surface area contributed by atoms with E-state index < -0.39 is 0 Å². The van der Waals surface area contributed by atoms with Crippen LogP contribution in [0.3, 0.4) is 0 Å². The molecule has 2 aromatic carbocycles. The molecule has 1 aliphatic rings. The van der Waals surface area contributed by atoms with Crippen molar-refractivity contribution in [2.24, 2.45) is 0 Å². The van der Waals surface area contributed by atoms with Crippen molar-refractivity contribution in [1.82, 2.24) is 30.0 Å². The summed E-state index contributed by atoms with van der Waals surface area (Å²) in [6, 6.07) is 8.68. The molecule has 0 spiro atoms. The molecule has 1 fully saturated rings. The average molecular weight is 469 g/mol. The van der Waals surface area contributed by atoms with Crippen LogP contribution in [-0.2, 0) is 0 Å². The first kappa shape index (κ1) is 20.7. The van der Waals surface area contributed by atoms with E-state index in [4.69, 9.17) is 27.7 Å². The van der Waals surface area contributed by atoms with Gasteiger partial charge in [0.2, 0.25) is 11.7 Å². The lowest BCUT2D eigenvalue weighted by molar-refractivity contribution is 0.0378. The first-order valence-corrected chi connectivity index (χ1v) is 10.8. The van der Waals surface area contributed by atoms with Crippen LogP contribution in [-0.4, -0.2) is 42.5 Å². The lowest BCUT2D eigenvalue weighted by atomic mass is 9.99. The summed E-state index contributed by atoms with van der Waals surface area (Å²) >= 11 is 12.6. The van der Waals surface area contributed by atoms with Crippen molar-refractivity contribution in [3.8, 4) is 17.1 Å². The number of carbonyl (C=O) groups is 1. The Morgan fingerprint density at radius 1 is 1.12 bits per heavy atom. The number of aromatic nitrogens is 5. The summed E-state index contributed by atoms with van der Waals surface area (Å²) in [4.78, 5) is 21.1. The molecule has 0 radical (unpaired) electrons. The molecule has 1 atom stereocenters. The highest BCUT2D eigenvalue weighted by Gasteiger charge is 2.39. The molecule has 10 heteroatoms. The lowest BCUT2D eigenvalue weighted by Gasteiger charge is -2.38. The lowest BCUT2D eigenvalue weighted by Crippen LogP contribution is -2.45. The molecule has 1 aliphatic heterocycles. The van der Waals surface area contributed by atoms with Crippen molar-refractivity contribution in [2.45, 2.75) is 26.3 Å². The average Bonchev–Trinajstić information content (AvgIpc) is 3.43. The van der Waals surface area contributed by atoms with Gasteiger partial charge in [-0.3, -0.25) is 4.79 Å². The van der Waals surface area contributed by atoms with Crippen molar-refractivity contribution in [1.29, 1.82) is 0 Å². The van der Waals surface area contributed by atoms with Crippen molar-refractivity contribution in [3.05, 3.63) is 75.4 Å². The summed E-state index contributed by atoms with van der Waals surface area (Å²) in [6.07, 6.45) is 3.84. The van der Waals surface area contributed by atoms with Crippen LogP contribution in [0, 0.1) is 13.8 Å². The van der Waals surface area contributed by atoms with E-state index in [9.17, 15) is 4.79 Å². The second kappa shape index (κ2) is 8.03. The second-order valence-corrected chi connectivity index (χ2v) is 8.42. The summed E-state index contributed by atoms with van der Waals surface area (Å²) < 4.78 is 5.53. The summed E-state index contributed by atoms with van der Waals surface area (Å²) in [6.45, 7) is 4.33. The third-order valence-electron chi connectivity index (χ3n) is 5.66. The van der Waals surface area contributed by atoms with Crippen LogP contribution in [0.15, 0.2) is 47.2 Å². The fraction of sp³-hybridized carbons (Fsp3) is 0.227. The van der Waals surface area contributed by atoms with Gasteiger partial charge in [0.25, 0.3) is 5.91 Å². The highest BCUT2D eigenvalue weighted by Crippen LogP contribution is 2.36. The number of benzene rings is 2. The van der Waals surface area contributed by atoms with Gasteiger partial charge >= 0.3 is 0 Å². The maximum Gasteiger partial charge on any atom is 0.256 e. The molecule has 8 nitrogen and oxygen atoms in total. The highest BCUT2D eigenvalue weighted by molar-refractivity contribution is 6.32. The number of hydrogen-bond donors (Lipinski definition) is 0. The number of aryl methyl sites for hydroxylation is 1. The molecular weight excluding hydrogens is 451 g/mol. The number of hydrogen-bond acceptors (Lipinski definition) is 6. The van der Waals surface area contributed by atoms with Crippen molar-refractivity contribution < 1.29 is 9.32 Å². The SMILES string of the molecule is Cc1cc(-n2nccn2)c(C(=O)N2CCC2c2nc(-c3cccc(Cl)c3C)no2)cc1Cl. The molecule has 0 saturated carbocycles. The van der Waals surface area contributed by atoms with Crippen LogP contribution in [0.25, 0.3) is 17.1 Å². The van der Waals surface area contributed by atoms with Gasteiger partial charge in [0.1, 0.15) is 6.04 Å². The van der Waals surface area contributed by atoms with Gasteiger partial charge < -0.3 is 9.42 Å². The van der Waals surface area contributed by atoms with Gasteiger partial charge in [0.15, 0.2) is 0 Å². The van der Waals surface area contributed by atoms with Gasteiger partial charge in [-0.1, -0.05) is 40.5 Å². The van der Waals surface area contributed by atoms with Gasteiger partial charge in [0.05, 0.1) is 23.6 Å². The summed E-state index contributed by atoms with van der Waals surface area (Å²) in [5.41, 5.74) is 3.46. The van der Waals surface area contributed by atoms with Crippen molar-refractivity contribution >= 4 is 29.1 Å². The molecule has 1 amide bonds. The minimum absolute atomic E-state index is 0.200. The quantitative estimate of drug-likeness (QED) is 0.426. The predicted octanol–water partition coefficient (Wildman–Crippen LogP) is 4.83. The number of halogens is 2. The topological polar surface area (TPSA) is 89.9 Å². The van der Waals surface area contributed by atoms with Crippen molar-refractivity contribution in [3.63, 3.8) is 0 Å². The van der Waals surface area contributed by atoms with E-state index in [1.165, 1.54) is 4.80 Å². The largest absolute Gasteiger partial charge is 0.337 e. The fourth-order valence-corrected chi connectivity index (χ4v) is 4.05. The van der Waals surface area contributed by atoms with Crippen molar-refractivity contribution in [2.75, 3.05) is 6.54 Å². The summed E-state index contributed by atoms with van der Waals surface area (Å²) in [7, 11) is 0. The molecule has 162 valence electrons. The molecule has 0 aliphatic carbocycles. The van der Waals surface area contributed by atoms with Crippen LogP contribution < -0.4 is 0 Å². The molecule has 0 N–H and O–H groups in total. The minimum Gasteiger partial charge on any atom is -0.337 e. The Labute approximate surface area is 193 Å². The number of amides is 1. The Hall–Kier alpha value is -3.23. The van der Waals surface area contributed by atoms with Crippen LogP contribution in [0.4, 0.5) is 0 Å². The van der Waals surface area contributed by atoms with Gasteiger partial charge in [-0.05, 0) is 49.6 Å². The maximum atomic E-state index is 13.5. The van der Waals surface area contributed by atoms with Crippen LogP contribution in [0.1, 0.15) is 39.8 Å². The van der Waals surface area contributed by atoms with Crippen LogP contribution >= 0.6 is 23.2 Å². The number of likely N-dealkylation sites (tertiary alicyclic amines) is 1. The molecule has 5 rings (SSSR count). The summed E-state index contributed by atoms with van der Waals surface area (Å²) in [5, 5.41) is 13.6. The first-order chi connectivity index (χ1) is 15.4. The van der Waals surface area contributed by atoms with E-state index in [-0.39, 0.29) is 11.9 Å². The second-order valence-electron chi connectivity index (χ2n) is 7.61. The van der Waals surface area contributed by atoms with E-state index in [0.717, 1.165) is 23.1 Å². The number of rotatable bonds is 4. The zero-order chi connectivity index (χ0) is 22.4. The predicted molar refractivity (Wildman–Crippen MR) is 119 cm³/mol. The third-order valence-corrected chi connectivity index (χ3v) is 6.47. The number of carbonyl (C=O) groups excluding carboxylic acids is 1. The number of nitrogens with zero attached hydrogens (tertiary/aromatic N) is 6. The Bertz CT molecular complexity index is 1320. The molecule has 1 saturated heterocycles. The zero-order valence-corrected chi connectivity index (χ0v) is 18.8. The minimum atomic E-state index is -0.318. The molecule has 1 unspecified atom stereocenters. The van der Waals surface area contributed by atoms with Crippen LogP contribution in [0.2, 0.25) is 10.0 Å². The monoisotopic (exact) mass is 468 g/mol. The summed E-state index contributed by atoms with van der Waals surface area (Å²) in [5.74, 6) is 0.629. The van der Waals surface area contributed by atoms with Gasteiger partial charge in [-0.25, -0.2) is 0 Å². The Kier molecular flexibility index (Phi) is 5.19. The Balaban J connectivity index is 1.46. The molecule has 0 bridgehead atoms. The van der Waals surface area contributed by atoms with E-state index in [1.54, 1.807) is 29.4 Å². The third kappa shape index (κ3) is 3.45. The van der Waals surface area contributed by atoms with E-state index in [2.05, 4.69) is 20.3 Å². The van der Waals surface area contributed by atoms with Gasteiger partial charge in [0, 0.05) is 22.2 Å². The van der Waals surface area contributed by atoms with E-state index >= 15 is 0 Å². The first-order valence-electron chi connectivity index (χ1n) is 10.0. The van der Waals surface area contributed by atoms with E-state index in [1.807, 2.05) is 32.0 Å². The zero-order valence-electron chi connectivity index (χ0n) is 17.3. The Morgan fingerprint density at radius 3 is 2.62 bits per heavy atom. The van der Waals surface area contributed by atoms with Crippen LogP contribution in [0.5, 0.6) is 0 Å². The molecule has 3 heterocycles. The van der Waals surface area contributed by atoms with E-state index in [0.29, 0.717) is 39.6 Å². The highest BCUT2D eigenvalue weighted by atomic mass is 35.5. The maximum absolute atomic E-state index is 13.5. The molecule has 4 aromatic rings. The fourth-order valence-electron chi connectivity index (χ4n) is 3.71.